The largest absolute Gasteiger partial charge is 0.358 e. The van der Waals surface area contributed by atoms with Crippen LogP contribution in [0, 0.1) is 7.43 Å². The van der Waals surface area contributed by atoms with E-state index in [1.165, 1.54) is 12.8 Å². The molecule has 5 heavy (non-hydrogen) atoms. The van der Waals surface area contributed by atoms with E-state index in [9.17, 15) is 0 Å². The van der Waals surface area contributed by atoms with E-state index in [1.54, 1.807) is 0 Å². The quantitative estimate of drug-likeness (QED) is 0.418. The molecule has 34 valence electrons. The van der Waals surface area contributed by atoms with E-state index in [4.69, 9.17) is 0 Å². The molecule has 0 saturated heterocycles. The zero-order valence-corrected chi connectivity index (χ0v) is 4.41. The minimum absolute atomic E-state index is 0. The lowest BCUT2D eigenvalue weighted by atomic mass is 10.4. The van der Waals surface area contributed by atoms with E-state index >= 15 is 0 Å². The molecule has 0 atom stereocenters. The summed E-state index contributed by atoms with van der Waals surface area (Å²) in [5.74, 6) is 0. The second kappa shape index (κ2) is 9.00. The highest BCUT2D eigenvalue weighted by Gasteiger charge is 1.56. The van der Waals surface area contributed by atoms with Gasteiger partial charge in [0.05, 0.1) is 0 Å². The SMILES string of the molecule is CCCC.[CH3-]. The van der Waals surface area contributed by atoms with E-state index in [1.807, 2.05) is 0 Å². The van der Waals surface area contributed by atoms with Gasteiger partial charge in [-0.2, -0.15) is 0 Å². The summed E-state index contributed by atoms with van der Waals surface area (Å²) >= 11 is 0. The lowest BCUT2D eigenvalue weighted by Crippen LogP contribution is -1.47. The normalized spacial score (nSPS) is 6.00. The van der Waals surface area contributed by atoms with E-state index < -0.39 is 0 Å². The molecule has 0 unspecified atom stereocenters. The van der Waals surface area contributed by atoms with Crippen LogP contribution < -0.4 is 0 Å². The molecule has 0 rings (SSSR count). The van der Waals surface area contributed by atoms with Gasteiger partial charge in [-0.1, -0.05) is 26.7 Å². The molecule has 0 saturated carbocycles. The molecule has 0 aromatic rings. The predicted octanol–water partition coefficient (Wildman–Crippen LogP) is 2.26. The molecule has 0 nitrogen and oxygen atoms in total. The fraction of sp³-hybridized carbons (Fsp3) is 0.800. The number of unbranched alkanes of at least 4 members (excludes halogenated alkanes) is 1. The maximum Gasteiger partial charge on any atom is -0.0564 e. The van der Waals surface area contributed by atoms with Crippen molar-refractivity contribution in [3.8, 4) is 0 Å². The van der Waals surface area contributed by atoms with E-state index in [0.29, 0.717) is 0 Å². The van der Waals surface area contributed by atoms with Gasteiger partial charge in [0.1, 0.15) is 0 Å². The summed E-state index contributed by atoms with van der Waals surface area (Å²) in [4.78, 5) is 0. The van der Waals surface area contributed by atoms with Crippen LogP contribution >= 0.6 is 0 Å². The van der Waals surface area contributed by atoms with Gasteiger partial charge in [0, 0.05) is 0 Å². The third-order valence-corrected chi connectivity index (χ3v) is 0.500. The van der Waals surface area contributed by atoms with Crippen molar-refractivity contribution in [3.05, 3.63) is 7.43 Å². The molecular formula is C5H13-. The Hall–Kier alpha value is 0. The van der Waals surface area contributed by atoms with Crippen LogP contribution in [0.2, 0.25) is 0 Å². The van der Waals surface area contributed by atoms with Crippen LogP contribution in [0.15, 0.2) is 0 Å². The number of rotatable bonds is 1. The molecule has 0 aliphatic heterocycles. The van der Waals surface area contributed by atoms with Crippen LogP contribution in [0.5, 0.6) is 0 Å². The maximum atomic E-state index is 2.18. The highest BCUT2D eigenvalue weighted by Crippen LogP contribution is 1.76. The van der Waals surface area contributed by atoms with Gasteiger partial charge in [-0.05, 0) is 0 Å². The van der Waals surface area contributed by atoms with Gasteiger partial charge < -0.3 is 7.43 Å². The molecular weight excluding hydrogens is 60.1 g/mol. The van der Waals surface area contributed by atoms with Crippen LogP contribution in [0.4, 0.5) is 0 Å². The summed E-state index contributed by atoms with van der Waals surface area (Å²) in [6.07, 6.45) is 2.64. The summed E-state index contributed by atoms with van der Waals surface area (Å²) in [6.45, 7) is 4.36. The Labute approximate surface area is 35.2 Å². The van der Waals surface area contributed by atoms with Crippen molar-refractivity contribution in [2.75, 3.05) is 0 Å². The van der Waals surface area contributed by atoms with Crippen molar-refractivity contribution < 1.29 is 0 Å². The van der Waals surface area contributed by atoms with Crippen molar-refractivity contribution in [1.82, 2.24) is 0 Å². The van der Waals surface area contributed by atoms with Gasteiger partial charge in [-0.25, -0.2) is 0 Å². The lowest BCUT2D eigenvalue weighted by molar-refractivity contribution is 0.886. The average molecular weight is 73.2 g/mol. The summed E-state index contributed by atoms with van der Waals surface area (Å²) in [6, 6.07) is 0. The van der Waals surface area contributed by atoms with Gasteiger partial charge in [0.25, 0.3) is 0 Å². The lowest BCUT2D eigenvalue weighted by Gasteiger charge is -1.68. The van der Waals surface area contributed by atoms with E-state index in [2.05, 4.69) is 13.8 Å². The Balaban J connectivity index is 0. The summed E-state index contributed by atoms with van der Waals surface area (Å²) < 4.78 is 0. The van der Waals surface area contributed by atoms with Crippen molar-refractivity contribution in [3.63, 3.8) is 0 Å². The zero-order valence-electron chi connectivity index (χ0n) is 4.41. The zero-order chi connectivity index (χ0) is 3.41. The summed E-state index contributed by atoms with van der Waals surface area (Å²) in [5.41, 5.74) is 0. The van der Waals surface area contributed by atoms with Gasteiger partial charge in [-0.15, -0.1) is 0 Å². The van der Waals surface area contributed by atoms with Crippen molar-refractivity contribution in [2.45, 2.75) is 26.7 Å². The molecule has 0 aliphatic carbocycles. The molecule has 0 aromatic carbocycles. The Morgan fingerprint density at radius 2 is 1.20 bits per heavy atom. The molecule has 0 bridgehead atoms. The second-order valence-electron chi connectivity index (χ2n) is 1.000. The van der Waals surface area contributed by atoms with Crippen LogP contribution in [0.3, 0.4) is 0 Å². The first-order valence-electron chi connectivity index (χ1n) is 1.91. The van der Waals surface area contributed by atoms with E-state index in [0.717, 1.165) is 0 Å². The van der Waals surface area contributed by atoms with Crippen LogP contribution in [0.1, 0.15) is 26.7 Å². The molecule has 0 aromatic heterocycles. The van der Waals surface area contributed by atoms with Crippen LogP contribution in [-0.2, 0) is 0 Å². The highest BCUT2D eigenvalue weighted by molar-refractivity contribution is 4.12. The fourth-order valence-electron chi connectivity index (χ4n) is 0. The first kappa shape index (κ1) is 8.89. The standard InChI is InChI=1S/C4H10.CH3/c1-3-4-2;/h3-4H2,1-2H3;1H3/q;-1. The molecule has 0 radical (unpaired) electrons. The Morgan fingerprint density at radius 1 is 1.00 bits per heavy atom. The predicted molar refractivity (Wildman–Crippen MR) is 27.0 cm³/mol. The topological polar surface area (TPSA) is 0 Å². The summed E-state index contributed by atoms with van der Waals surface area (Å²) in [7, 11) is 0. The van der Waals surface area contributed by atoms with Gasteiger partial charge in [0.2, 0.25) is 0 Å². The first-order valence-corrected chi connectivity index (χ1v) is 1.91. The van der Waals surface area contributed by atoms with E-state index in [-0.39, 0.29) is 7.43 Å². The molecule has 0 heteroatoms. The van der Waals surface area contributed by atoms with Crippen LogP contribution in [0.25, 0.3) is 0 Å². The van der Waals surface area contributed by atoms with Crippen LogP contribution in [-0.4, -0.2) is 0 Å². The highest BCUT2D eigenvalue weighted by atomic mass is 13.6. The van der Waals surface area contributed by atoms with Gasteiger partial charge in [-0.3, -0.25) is 0 Å². The maximum absolute atomic E-state index is 2.18. The molecule has 0 heterocycles. The molecule has 0 N–H and O–H groups in total. The molecule has 0 spiro atoms. The fourth-order valence-corrected chi connectivity index (χ4v) is 0. The average Bonchev–Trinajstić information content (AvgIpc) is 1.37. The van der Waals surface area contributed by atoms with Crippen molar-refractivity contribution >= 4 is 0 Å². The Bertz CT molecular complexity index is 2.00. The molecule has 0 amide bonds. The first-order chi connectivity index (χ1) is 1.91. The monoisotopic (exact) mass is 73.1 g/mol. The van der Waals surface area contributed by atoms with Gasteiger partial charge in [0.15, 0.2) is 0 Å². The molecule has 0 fully saturated rings. The summed E-state index contributed by atoms with van der Waals surface area (Å²) in [5, 5.41) is 0. The Kier molecular flexibility index (Phi) is 16.0. The van der Waals surface area contributed by atoms with Crippen molar-refractivity contribution in [2.24, 2.45) is 0 Å². The Morgan fingerprint density at radius 3 is 1.20 bits per heavy atom. The van der Waals surface area contributed by atoms with Crippen molar-refractivity contribution in [1.29, 1.82) is 0 Å². The third kappa shape index (κ3) is 16.0. The second-order valence-corrected chi connectivity index (χ2v) is 1.000. The smallest absolute Gasteiger partial charge is 0.0564 e. The minimum Gasteiger partial charge on any atom is -0.358 e. The number of hydrogen-bond donors (Lipinski definition) is 0. The number of hydrogen-bond acceptors (Lipinski definition) is 0. The third-order valence-electron chi connectivity index (χ3n) is 0.500. The van der Waals surface area contributed by atoms with Gasteiger partial charge >= 0.3 is 0 Å². The molecule has 0 aliphatic rings. The minimum atomic E-state index is 0.